The summed E-state index contributed by atoms with van der Waals surface area (Å²) >= 11 is 0. The standard InChI is InChI=1S/C19H38N4O2/c1-4-20-19(23-11-8-18(15-23)16-25-5-2)21-14-17-6-9-22(10-7-17)12-13-24-3/h17-18H,4-16H2,1-3H3,(H,20,21). The topological polar surface area (TPSA) is 49.3 Å². The third-order valence-corrected chi connectivity index (χ3v) is 5.30. The van der Waals surface area contributed by atoms with Gasteiger partial charge in [0.25, 0.3) is 0 Å². The third kappa shape index (κ3) is 7.12. The van der Waals surface area contributed by atoms with Crippen LogP contribution in [-0.4, -0.2) is 88.5 Å². The van der Waals surface area contributed by atoms with Gasteiger partial charge in [-0.3, -0.25) is 4.99 Å². The van der Waals surface area contributed by atoms with Gasteiger partial charge in [-0.2, -0.15) is 0 Å². The van der Waals surface area contributed by atoms with Crippen LogP contribution < -0.4 is 5.32 Å². The zero-order valence-corrected chi connectivity index (χ0v) is 16.5. The minimum Gasteiger partial charge on any atom is -0.383 e. The zero-order chi connectivity index (χ0) is 17.9. The van der Waals surface area contributed by atoms with Crippen LogP contribution in [0, 0.1) is 11.8 Å². The van der Waals surface area contributed by atoms with Gasteiger partial charge in [-0.15, -0.1) is 0 Å². The van der Waals surface area contributed by atoms with Gasteiger partial charge in [0.1, 0.15) is 0 Å². The summed E-state index contributed by atoms with van der Waals surface area (Å²) in [7, 11) is 1.78. The number of ether oxygens (including phenoxy) is 2. The fourth-order valence-electron chi connectivity index (χ4n) is 3.70. The number of methoxy groups -OCH3 is 1. The van der Waals surface area contributed by atoms with E-state index in [-0.39, 0.29) is 0 Å². The molecule has 0 amide bonds. The maximum atomic E-state index is 5.60. The SMILES string of the molecule is CCNC(=NCC1CCN(CCOC)CC1)N1CCC(COCC)C1. The van der Waals surface area contributed by atoms with Gasteiger partial charge in [0, 0.05) is 52.4 Å². The first-order valence-corrected chi connectivity index (χ1v) is 10.1. The Kier molecular flexibility index (Phi) is 9.58. The van der Waals surface area contributed by atoms with Gasteiger partial charge in [0.05, 0.1) is 13.2 Å². The molecule has 6 nitrogen and oxygen atoms in total. The molecule has 2 heterocycles. The molecule has 2 aliphatic heterocycles. The van der Waals surface area contributed by atoms with E-state index in [9.17, 15) is 0 Å². The lowest BCUT2D eigenvalue weighted by atomic mass is 9.97. The second kappa shape index (κ2) is 11.7. The molecule has 0 bridgehead atoms. The highest BCUT2D eigenvalue weighted by Crippen LogP contribution is 2.19. The lowest BCUT2D eigenvalue weighted by Crippen LogP contribution is -2.41. The Morgan fingerprint density at radius 2 is 1.88 bits per heavy atom. The molecule has 0 radical (unpaired) electrons. The monoisotopic (exact) mass is 354 g/mol. The summed E-state index contributed by atoms with van der Waals surface area (Å²) in [4.78, 5) is 9.89. The number of aliphatic imine (C=N–C) groups is 1. The summed E-state index contributed by atoms with van der Waals surface area (Å²) in [6.07, 6.45) is 3.71. The highest BCUT2D eigenvalue weighted by Gasteiger charge is 2.25. The second-order valence-corrected chi connectivity index (χ2v) is 7.23. The quantitative estimate of drug-likeness (QED) is 0.504. The maximum Gasteiger partial charge on any atom is 0.193 e. The van der Waals surface area contributed by atoms with E-state index in [1.165, 1.54) is 32.4 Å². The number of likely N-dealkylation sites (tertiary alicyclic amines) is 2. The van der Waals surface area contributed by atoms with Crippen molar-refractivity contribution in [3.05, 3.63) is 0 Å². The fraction of sp³-hybridized carbons (Fsp3) is 0.947. The first-order valence-electron chi connectivity index (χ1n) is 10.1. The first-order chi connectivity index (χ1) is 12.3. The molecule has 1 unspecified atom stereocenters. The molecule has 25 heavy (non-hydrogen) atoms. The summed E-state index contributed by atoms with van der Waals surface area (Å²) in [6, 6.07) is 0. The molecule has 0 aliphatic carbocycles. The molecule has 2 fully saturated rings. The number of nitrogens with zero attached hydrogens (tertiary/aromatic N) is 3. The van der Waals surface area contributed by atoms with Gasteiger partial charge in [0.15, 0.2) is 5.96 Å². The van der Waals surface area contributed by atoms with Crippen LogP contribution in [-0.2, 0) is 9.47 Å². The van der Waals surface area contributed by atoms with E-state index in [4.69, 9.17) is 14.5 Å². The molecule has 146 valence electrons. The molecule has 0 aromatic heterocycles. The van der Waals surface area contributed by atoms with Crippen molar-refractivity contribution >= 4 is 5.96 Å². The van der Waals surface area contributed by atoms with E-state index in [0.717, 1.165) is 58.5 Å². The molecule has 0 aromatic rings. The van der Waals surface area contributed by atoms with Gasteiger partial charge >= 0.3 is 0 Å². The van der Waals surface area contributed by atoms with Crippen LogP contribution in [0.25, 0.3) is 0 Å². The van der Waals surface area contributed by atoms with E-state index in [1.54, 1.807) is 7.11 Å². The fourth-order valence-corrected chi connectivity index (χ4v) is 3.70. The van der Waals surface area contributed by atoms with Crippen LogP contribution in [0.4, 0.5) is 0 Å². The lowest BCUT2D eigenvalue weighted by molar-refractivity contribution is 0.114. The predicted molar refractivity (Wildman–Crippen MR) is 103 cm³/mol. The zero-order valence-electron chi connectivity index (χ0n) is 16.5. The third-order valence-electron chi connectivity index (χ3n) is 5.30. The normalized spacial score (nSPS) is 23.4. The van der Waals surface area contributed by atoms with Crippen molar-refractivity contribution in [1.29, 1.82) is 0 Å². The van der Waals surface area contributed by atoms with E-state index >= 15 is 0 Å². The number of guanidine groups is 1. The predicted octanol–water partition coefficient (Wildman–Crippen LogP) is 1.67. The van der Waals surface area contributed by atoms with Crippen LogP contribution in [0.1, 0.15) is 33.1 Å². The van der Waals surface area contributed by atoms with Crippen LogP contribution in [0.5, 0.6) is 0 Å². The summed E-state index contributed by atoms with van der Waals surface area (Å²) in [5.74, 6) is 2.46. The lowest BCUT2D eigenvalue weighted by Gasteiger charge is -2.31. The Morgan fingerprint density at radius 1 is 1.12 bits per heavy atom. The second-order valence-electron chi connectivity index (χ2n) is 7.23. The van der Waals surface area contributed by atoms with Crippen LogP contribution in [0.2, 0.25) is 0 Å². The smallest absolute Gasteiger partial charge is 0.193 e. The van der Waals surface area contributed by atoms with E-state index in [2.05, 4.69) is 29.0 Å². The molecular formula is C19H38N4O2. The van der Waals surface area contributed by atoms with Gasteiger partial charge in [0.2, 0.25) is 0 Å². The van der Waals surface area contributed by atoms with Crippen LogP contribution in [0.3, 0.4) is 0 Å². The highest BCUT2D eigenvalue weighted by molar-refractivity contribution is 5.80. The Morgan fingerprint density at radius 3 is 2.56 bits per heavy atom. The Hall–Kier alpha value is -0.850. The maximum absolute atomic E-state index is 5.60. The average Bonchev–Trinajstić information content (AvgIpc) is 3.11. The summed E-state index contributed by atoms with van der Waals surface area (Å²) in [6.45, 7) is 14.2. The molecule has 2 saturated heterocycles. The van der Waals surface area contributed by atoms with Crippen molar-refractivity contribution in [3.8, 4) is 0 Å². The number of hydrogen-bond acceptors (Lipinski definition) is 4. The van der Waals surface area contributed by atoms with Crippen molar-refractivity contribution in [2.45, 2.75) is 33.1 Å². The van der Waals surface area contributed by atoms with Gasteiger partial charge in [-0.25, -0.2) is 0 Å². The Bertz CT molecular complexity index is 384. The van der Waals surface area contributed by atoms with Crippen molar-refractivity contribution in [3.63, 3.8) is 0 Å². The van der Waals surface area contributed by atoms with Crippen molar-refractivity contribution in [2.24, 2.45) is 16.8 Å². The molecular weight excluding hydrogens is 316 g/mol. The van der Waals surface area contributed by atoms with E-state index in [1.807, 2.05) is 0 Å². The number of rotatable bonds is 9. The van der Waals surface area contributed by atoms with Crippen molar-refractivity contribution < 1.29 is 9.47 Å². The molecule has 6 heteroatoms. The minimum atomic E-state index is 0.646. The molecule has 2 aliphatic rings. The Balaban J connectivity index is 1.76. The molecule has 0 spiro atoms. The van der Waals surface area contributed by atoms with Crippen LogP contribution >= 0.6 is 0 Å². The molecule has 1 atom stereocenters. The molecule has 1 N–H and O–H groups in total. The number of piperidine rings is 1. The average molecular weight is 355 g/mol. The van der Waals surface area contributed by atoms with Crippen LogP contribution in [0.15, 0.2) is 4.99 Å². The van der Waals surface area contributed by atoms with E-state index < -0.39 is 0 Å². The summed E-state index contributed by atoms with van der Waals surface area (Å²) in [5, 5.41) is 3.49. The van der Waals surface area contributed by atoms with Crippen molar-refractivity contribution in [1.82, 2.24) is 15.1 Å². The highest BCUT2D eigenvalue weighted by atomic mass is 16.5. The number of hydrogen-bond donors (Lipinski definition) is 1. The van der Waals surface area contributed by atoms with Gasteiger partial charge < -0.3 is 24.6 Å². The first kappa shape index (κ1) is 20.5. The van der Waals surface area contributed by atoms with Crippen molar-refractivity contribution in [2.75, 3.05) is 72.7 Å². The molecule has 2 rings (SSSR count). The molecule has 0 saturated carbocycles. The van der Waals surface area contributed by atoms with Gasteiger partial charge in [-0.1, -0.05) is 0 Å². The van der Waals surface area contributed by atoms with E-state index in [0.29, 0.717) is 11.8 Å². The minimum absolute atomic E-state index is 0.646. The summed E-state index contributed by atoms with van der Waals surface area (Å²) < 4.78 is 10.8. The number of nitrogens with one attached hydrogen (secondary N) is 1. The molecule has 0 aromatic carbocycles. The largest absolute Gasteiger partial charge is 0.383 e. The summed E-state index contributed by atoms with van der Waals surface area (Å²) in [5.41, 5.74) is 0. The Labute approximate surface area is 153 Å². The van der Waals surface area contributed by atoms with Gasteiger partial charge in [-0.05, 0) is 52.1 Å².